The number of nitrogens with zero attached hydrogens (tertiary/aromatic N) is 4. The molecule has 0 radical (unpaired) electrons. The van der Waals surface area contributed by atoms with Crippen molar-refractivity contribution in [2.24, 2.45) is 5.10 Å². The molecule has 0 aliphatic heterocycles. The molecule has 1 amide bonds. The molecule has 0 fully saturated rings. The molecule has 1 aromatic heterocycles. The minimum absolute atomic E-state index is 0.0445. The summed E-state index contributed by atoms with van der Waals surface area (Å²) in [5, 5.41) is 16.9. The quantitative estimate of drug-likeness (QED) is 0.0896. The van der Waals surface area contributed by atoms with E-state index in [1.807, 2.05) is 24.3 Å². The van der Waals surface area contributed by atoms with E-state index in [9.17, 15) is 19.7 Å². The van der Waals surface area contributed by atoms with E-state index < -0.39 is 10.8 Å². The van der Waals surface area contributed by atoms with Crippen molar-refractivity contribution in [1.82, 2.24) is 4.98 Å². The Morgan fingerprint density at radius 3 is 2.24 bits per heavy atom. The van der Waals surface area contributed by atoms with Crippen molar-refractivity contribution < 1.29 is 14.5 Å². The van der Waals surface area contributed by atoms with E-state index in [-0.39, 0.29) is 11.5 Å². The smallest absolute Gasteiger partial charge is 0.280 e. The molecule has 0 N–H and O–H groups in total. The Kier molecular flexibility index (Phi) is 7.16. The molecule has 0 unspecified atom stereocenters. The zero-order valence-electron chi connectivity index (χ0n) is 19.5. The summed E-state index contributed by atoms with van der Waals surface area (Å²) in [6.07, 6.45) is 1.44. The first-order chi connectivity index (χ1) is 18.4. The molecule has 5 rings (SSSR count). The summed E-state index contributed by atoms with van der Waals surface area (Å²) in [5.41, 5.74) is 2.56. The van der Waals surface area contributed by atoms with Crippen LogP contribution in [0.2, 0.25) is 0 Å². The summed E-state index contributed by atoms with van der Waals surface area (Å²) in [4.78, 5) is 41.4. The second-order valence-corrected chi connectivity index (χ2v) is 10.0. The van der Waals surface area contributed by atoms with Gasteiger partial charge < -0.3 is 0 Å². The highest BCUT2D eigenvalue weighted by atomic mass is 79.9. The van der Waals surface area contributed by atoms with Crippen LogP contribution in [0.15, 0.2) is 107 Å². The van der Waals surface area contributed by atoms with E-state index in [1.54, 1.807) is 60.7 Å². The van der Waals surface area contributed by atoms with Gasteiger partial charge in [-0.05, 0) is 48.0 Å². The zero-order chi connectivity index (χ0) is 26.6. The largest absolute Gasteiger partial charge is 0.289 e. The fourth-order valence-electron chi connectivity index (χ4n) is 3.61. The number of carbonyl (C=O) groups excluding carboxylic acids is 2. The summed E-state index contributed by atoms with van der Waals surface area (Å²) in [6, 6.07) is 26.7. The monoisotopic (exact) mass is 584 g/mol. The molecule has 186 valence electrons. The molecular weight excluding hydrogens is 568 g/mol. The summed E-state index contributed by atoms with van der Waals surface area (Å²) in [5.74, 6) is -0.589. The fourth-order valence-corrected chi connectivity index (χ4v) is 5.09. The highest BCUT2D eigenvalue weighted by Gasteiger charge is 2.22. The normalized spacial score (nSPS) is 11.1. The van der Waals surface area contributed by atoms with Crippen LogP contribution in [0.1, 0.15) is 31.8 Å². The third-order valence-electron chi connectivity index (χ3n) is 5.57. The maximum absolute atomic E-state index is 13.6. The van der Waals surface area contributed by atoms with Crippen LogP contribution in [0.3, 0.4) is 0 Å². The van der Waals surface area contributed by atoms with Crippen molar-refractivity contribution in [1.29, 1.82) is 0 Å². The van der Waals surface area contributed by atoms with Gasteiger partial charge in [0, 0.05) is 33.3 Å². The van der Waals surface area contributed by atoms with Gasteiger partial charge in [-0.2, -0.15) is 10.1 Å². The summed E-state index contributed by atoms with van der Waals surface area (Å²) in [7, 11) is 0. The number of ketones is 1. The van der Waals surface area contributed by atoms with Crippen molar-refractivity contribution in [2.45, 2.75) is 0 Å². The number of hydrogen-bond acceptors (Lipinski definition) is 7. The predicted octanol–water partition coefficient (Wildman–Crippen LogP) is 6.88. The number of rotatable bonds is 7. The fraction of sp³-hybridized carbons (Fsp3) is 0. The number of fused-ring (bicyclic) bond motifs is 1. The zero-order valence-corrected chi connectivity index (χ0v) is 21.9. The Hall–Kier alpha value is -4.54. The average molecular weight is 585 g/mol. The number of carbonyl (C=O) groups is 2. The molecule has 0 atom stereocenters. The van der Waals surface area contributed by atoms with E-state index >= 15 is 0 Å². The molecule has 38 heavy (non-hydrogen) atoms. The van der Waals surface area contributed by atoms with Crippen LogP contribution in [0.4, 0.5) is 10.8 Å². The topological polar surface area (TPSA) is 106 Å². The number of thiazole rings is 1. The van der Waals surface area contributed by atoms with E-state index in [2.05, 4.69) is 26.0 Å². The lowest BCUT2D eigenvalue weighted by molar-refractivity contribution is -0.384. The van der Waals surface area contributed by atoms with E-state index in [0.717, 1.165) is 9.17 Å². The lowest BCUT2D eigenvalue weighted by Crippen LogP contribution is -2.25. The predicted molar refractivity (Wildman–Crippen MR) is 151 cm³/mol. The van der Waals surface area contributed by atoms with E-state index in [4.69, 9.17) is 0 Å². The SMILES string of the molecule is O=C(c1ccccc1)c1ccc(C(=O)N(/N=C/c2ccc([N+](=O)[O-])cc2)c2nc3ccc(Br)cc3s2)cc1. The molecule has 0 bridgehead atoms. The number of nitro groups is 1. The van der Waals surface area contributed by atoms with E-state index in [0.29, 0.717) is 32.9 Å². The van der Waals surface area contributed by atoms with Gasteiger partial charge in [-0.25, -0.2) is 4.98 Å². The number of aromatic nitrogens is 1. The molecule has 8 nitrogen and oxygen atoms in total. The third kappa shape index (κ3) is 5.41. The Balaban J connectivity index is 1.48. The third-order valence-corrected chi connectivity index (χ3v) is 7.06. The van der Waals surface area contributed by atoms with Crippen molar-refractivity contribution in [3.8, 4) is 0 Å². The second kappa shape index (κ2) is 10.8. The maximum Gasteiger partial charge on any atom is 0.280 e. The lowest BCUT2D eigenvalue weighted by atomic mass is 10.0. The van der Waals surface area contributed by atoms with Crippen LogP contribution in [0.5, 0.6) is 0 Å². The first-order valence-corrected chi connectivity index (χ1v) is 12.9. The Morgan fingerprint density at radius 1 is 0.895 bits per heavy atom. The molecule has 5 aromatic rings. The number of hydrazone groups is 1. The molecule has 1 heterocycles. The number of hydrogen-bond donors (Lipinski definition) is 0. The summed E-state index contributed by atoms with van der Waals surface area (Å²) in [6.45, 7) is 0. The van der Waals surface area contributed by atoms with Crippen LogP contribution in [0.25, 0.3) is 10.2 Å². The standard InChI is InChI=1S/C28H17BrN4O4S/c29-22-12-15-24-25(16-22)38-28(31-24)32(30-17-18-6-13-23(14-7-18)33(36)37)27(35)21-10-8-20(9-11-21)26(34)19-4-2-1-3-5-19/h1-17H/b30-17+. The minimum Gasteiger partial charge on any atom is -0.289 e. The first kappa shape index (κ1) is 25.1. The molecule has 4 aromatic carbocycles. The molecule has 10 heteroatoms. The highest BCUT2D eigenvalue weighted by molar-refractivity contribution is 9.10. The van der Waals surface area contributed by atoms with Crippen LogP contribution < -0.4 is 5.01 Å². The number of nitro benzene ring substituents is 1. The summed E-state index contributed by atoms with van der Waals surface area (Å²) >= 11 is 4.75. The molecule has 0 aliphatic carbocycles. The van der Waals surface area contributed by atoms with Gasteiger partial charge in [0.25, 0.3) is 11.6 Å². The number of anilines is 1. The Bertz CT molecular complexity index is 1680. The molecule has 0 saturated carbocycles. The number of benzene rings is 4. The van der Waals surface area contributed by atoms with Gasteiger partial charge in [0.1, 0.15) is 0 Å². The Labute approximate surface area is 229 Å². The number of non-ortho nitro benzene ring substituents is 1. The van der Waals surface area contributed by atoms with Gasteiger partial charge in [0.05, 0.1) is 21.4 Å². The van der Waals surface area contributed by atoms with Gasteiger partial charge in [-0.1, -0.05) is 69.7 Å². The van der Waals surface area contributed by atoms with Crippen molar-refractivity contribution >= 4 is 66.2 Å². The van der Waals surface area contributed by atoms with Crippen LogP contribution >= 0.6 is 27.3 Å². The van der Waals surface area contributed by atoms with Crippen LogP contribution in [-0.2, 0) is 0 Å². The van der Waals surface area contributed by atoms with Crippen molar-refractivity contribution in [3.63, 3.8) is 0 Å². The van der Waals surface area contributed by atoms with Crippen LogP contribution in [-0.4, -0.2) is 27.8 Å². The molecule has 0 aliphatic rings. The number of amides is 1. The van der Waals surface area contributed by atoms with Gasteiger partial charge >= 0.3 is 0 Å². The summed E-state index contributed by atoms with van der Waals surface area (Å²) < 4.78 is 1.74. The number of halogens is 1. The first-order valence-electron chi connectivity index (χ1n) is 11.3. The van der Waals surface area contributed by atoms with Crippen molar-refractivity contribution in [2.75, 3.05) is 5.01 Å². The second-order valence-electron chi connectivity index (χ2n) is 8.09. The molecular formula is C28H17BrN4O4S. The van der Waals surface area contributed by atoms with Crippen molar-refractivity contribution in [3.05, 3.63) is 134 Å². The maximum atomic E-state index is 13.6. The van der Waals surface area contributed by atoms with Crippen LogP contribution in [0, 0.1) is 10.1 Å². The van der Waals surface area contributed by atoms with Gasteiger partial charge in [0.2, 0.25) is 5.13 Å². The van der Waals surface area contributed by atoms with Gasteiger partial charge in [-0.3, -0.25) is 19.7 Å². The molecule has 0 saturated heterocycles. The minimum atomic E-state index is -0.484. The van der Waals surface area contributed by atoms with E-state index in [1.165, 1.54) is 34.7 Å². The lowest BCUT2D eigenvalue weighted by Gasteiger charge is -2.14. The highest BCUT2D eigenvalue weighted by Crippen LogP contribution is 2.32. The van der Waals surface area contributed by atoms with Gasteiger partial charge in [-0.15, -0.1) is 0 Å². The van der Waals surface area contributed by atoms with Gasteiger partial charge in [0.15, 0.2) is 5.78 Å². The Morgan fingerprint density at radius 2 is 1.55 bits per heavy atom. The molecule has 0 spiro atoms. The average Bonchev–Trinajstić information content (AvgIpc) is 3.36.